The molecule has 88 valence electrons. The van der Waals surface area contributed by atoms with E-state index in [9.17, 15) is 4.79 Å². The third-order valence-corrected chi connectivity index (χ3v) is 2.20. The van der Waals surface area contributed by atoms with Crippen molar-refractivity contribution in [1.82, 2.24) is 20.0 Å². The number of carboxylic acid groups (broad SMARTS) is 1. The van der Waals surface area contributed by atoms with E-state index in [0.717, 1.165) is 0 Å². The van der Waals surface area contributed by atoms with Crippen molar-refractivity contribution < 1.29 is 15.0 Å². The van der Waals surface area contributed by atoms with Gasteiger partial charge >= 0.3 is 5.97 Å². The van der Waals surface area contributed by atoms with E-state index in [4.69, 9.17) is 10.2 Å². The van der Waals surface area contributed by atoms with Gasteiger partial charge in [-0.25, -0.2) is 9.48 Å². The molecule has 7 nitrogen and oxygen atoms in total. The van der Waals surface area contributed by atoms with Crippen molar-refractivity contribution in [3.8, 4) is 11.3 Å². The molecule has 0 bridgehead atoms. The lowest BCUT2D eigenvalue weighted by molar-refractivity contribution is 0.0691. The molecule has 2 heterocycles. The van der Waals surface area contributed by atoms with Crippen LogP contribution in [0.2, 0.25) is 0 Å². The molecule has 0 aliphatic heterocycles. The van der Waals surface area contributed by atoms with Crippen molar-refractivity contribution in [3.05, 3.63) is 30.2 Å². The zero-order chi connectivity index (χ0) is 12.3. The molecule has 0 saturated carbocycles. The Labute approximate surface area is 96.3 Å². The second kappa shape index (κ2) is 4.71. The average Bonchev–Trinajstić information content (AvgIpc) is 2.74. The minimum Gasteiger partial charge on any atom is -0.476 e. The summed E-state index contributed by atoms with van der Waals surface area (Å²) < 4.78 is 1.36. The van der Waals surface area contributed by atoms with Gasteiger partial charge in [0.1, 0.15) is 5.69 Å². The Balaban J connectivity index is 2.56. The number of carboxylic acids is 1. The van der Waals surface area contributed by atoms with Gasteiger partial charge in [0.05, 0.1) is 13.2 Å². The Morgan fingerprint density at radius 3 is 2.65 bits per heavy atom. The van der Waals surface area contributed by atoms with E-state index in [2.05, 4.69) is 15.3 Å². The molecule has 0 radical (unpaired) electrons. The topological polar surface area (TPSA) is 101 Å². The Hall–Kier alpha value is -2.28. The normalized spacial score (nSPS) is 10.4. The molecule has 0 atom stereocenters. The fourth-order valence-corrected chi connectivity index (χ4v) is 1.50. The molecule has 0 fully saturated rings. The summed E-state index contributed by atoms with van der Waals surface area (Å²) in [5, 5.41) is 25.2. The maximum atomic E-state index is 11.0. The van der Waals surface area contributed by atoms with Gasteiger partial charge in [0, 0.05) is 18.0 Å². The van der Waals surface area contributed by atoms with Crippen LogP contribution in [0.3, 0.4) is 0 Å². The molecule has 2 aromatic rings. The van der Waals surface area contributed by atoms with E-state index in [1.165, 1.54) is 4.68 Å². The highest BCUT2D eigenvalue weighted by molar-refractivity contribution is 5.92. The summed E-state index contributed by atoms with van der Waals surface area (Å²) in [5.74, 6) is -1.15. The van der Waals surface area contributed by atoms with Gasteiger partial charge in [-0.2, -0.15) is 0 Å². The molecule has 0 aliphatic carbocycles. The number of aromatic carboxylic acids is 1. The Morgan fingerprint density at radius 1 is 1.35 bits per heavy atom. The third kappa shape index (κ3) is 2.13. The molecule has 2 aromatic heterocycles. The maximum absolute atomic E-state index is 11.0. The molecular weight excluding hydrogens is 224 g/mol. The summed E-state index contributed by atoms with van der Waals surface area (Å²) >= 11 is 0. The molecule has 2 N–H and O–H groups in total. The van der Waals surface area contributed by atoms with Gasteiger partial charge in [0.15, 0.2) is 5.69 Å². The van der Waals surface area contributed by atoms with Gasteiger partial charge in [0.25, 0.3) is 0 Å². The Kier molecular flexibility index (Phi) is 3.10. The van der Waals surface area contributed by atoms with Crippen LogP contribution in [0.1, 0.15) is 10.5 Å². The molecule has 2 rings (SSSR count). The summed E-state index contributed by atoms with van der Waals surface area (Å²) in [4.78, 5) is 14.9. The summed E-state index contributed by atoms with van der Waals surface area (Å²) in [6, 6.07) is 3.33. The second-order valence-electron chi connectivity index (χ2n) is 3.27. The third-order valence-electron chi connectivity index (χ3n) is 2.20. The van der Waals surface area contributed by atoms with E-state index < -0.39 is 5.97 Å². The minimum atomic E-state index is -1.15. The lowest BCUT2D eigenvalue weighted by Gasteiger charge is -2.04. The van der Waals surface area contributed by atoms with Gasteiger partial charge in [-0.3, -0.25) is 4.98 Å². The largest absolute Gasteiger partial charge is 0.476 e. The number of hydrogen-bond acceptors (Lipinski definition) is 5. The number of aromatic nitrogens is 4. The van der Waals surface area contributed by atoms with Crippen molar-refractivity contribution in [1.29, 1.82) is 0 Å². The van der Waals surface area contributed by atoms with Crippen LogP contribution in [0, 0.1) is 0 Å². The molecule has 0 aliphatic rings. The van der Waals surface area contributed by atoms with Gasteiger partial charge in [-0.05, 0) is 12.1 Å². The minimum absolute atomic E-state index is 0.135. The fraction of sp³-hybridized carbons (Fsp3) is 0.200. The van der Waals surface area contributed by atoms with Crippen LogP contribution in [0.25, 0.3) is 11.3 Å². The molecule has 0 saturated heterocycles. The van der Waals surface area contributed by atoms with Crippen LogP contribution in [0.5, 0.6) is 0 Å². The fourth-order valence-electron chi connectivity index (χ4n) is 1.50. The number of hydrogen-bond donors (Lipinski definition) is 2. The molecule has 0 spiro atoms. The highest BCUT2D eigenvalue weighted by Crippen LogP contribution is 2.21. The summed E-state index contributed by atoms with van der Waals surface area (Å²) in [6.07, 6.45) is 3.11. The van der Waals surface area contributed by atoms with Crippen LogP contribution in [0.15, 0.2) is 24.5 Å². The summed E-state index contributed by atoms with van der Waals surface area (Å²) in [6.45, 7) is 0.0540. The van der Waals surface area contributed by atoms with E-state index >= 15 is 0 Å². The molecule has 0 aromatic carbocycles. The smallest absolute Gasteiger partial charge is 0.358 e. The summed E-state index contributed by atoms with van der Waals surface area (Å²) in [7, 11) is 0. The molecule has 0 amide bonds. The van der Waals surface area contributed by atoms with E-state index in [1.54, 1.807) is 24.5 Å². The second-order valence-corrected chi connectivity index (χ2v) is 3.27. The van der Waals surface area contributed by atoms with Crippen molar-refractivity contribution >= 4 is 5.97 Å². The van der Waals surface area contributed by atoms with Gasteiger partial charge in [-0.15, -0.1) is 5.10 Å². The number of aliphatic hydroxyl groups is 1. The van der Waals surface area contributed by atoms with Crippen molar-refractivity contribution in [2.24, 2.45) is 0 Å². The van der Waals surface area contributed by atoms with Crippen molar-refractivity contribution in [2.45, 2.75) is 6.54 Å². The Bertz CT molecular complexity index is 524. The SMILES string of the molecule is O=C(O)c1nnn(CCO)c1-c1ccncc1. The van der Waals surface area contributed by atoms with Crippen molar-refractivity contribution in [2.75, 3.05) is 6.61 Å². The Morgan fingerprint density at radius 2 is 2.06 bits per heavy atom. The number of aliphatic hydroxyl groups excluding tert-OH is 1. The lowest BCUT2D eigenvalue weighted by Crippen LogP contribution is -2.07. The van der Waals surface area contributed by atoms with Crippen LogP contribution >= 0.6 is 0 Å². The predicted octanol–water partition coefficient (Wildman–Crippen LogP) is 0.0306. The van der Waals surface area contributed by atoms with Crippen LogP contribution in [-0.2, 0) is 6.54 Å². The first kappa shape index (κ1) is 11.2. The van der Waals surface area contributed by atoms with E-state index in [1.807, 2.05) is 0 Å². The number of nitrogens with zero attached hydrogens (tertiary/aromatic N) is 4. The molecular formula is C10H10N4O3. The maximum Gasteiger partial charge on any atom is 0.358 e. The number of pyridine rings is 1. The zero-order valence-corrected chi connectivity index (χ0v) is 8.82. The van der Waals surface area contributed by atoms with Crippen LogP contribution in [-0.4, -0.2) is 42.8 Å². The predicted molar refractivity (Wildman–Crippen MR) is 57.3 cm³/mol. The monoisotopic (exact) mass is 234 g/mol. The zero-order valence-electron chi connectivity index (χ0n) is 8.82. The quantitative estimate of drug-likeness (QED) is 0.774. The first-order valence-corrected chi connectivity index (χ1v) is 4.92. The summed E-state index contributed by atoms with van der Waals surface area (Å²) in [5.41, 5.74) is 0.884. The molecule has 7 heteroatoms. The van der Waals surface area contributed by atoms with Crippen LogP contribution in [0.4, 0.5) is 0 Å². The van der Waals surface area contributed by atoms with E-state index in [-0.39, 0.29) is 18.8 Å². The van der Waals surface area contributed by atoms with Gasteiger partial charge < -0.3 is 10.2 Å². The average molecular weight is 234 g/mol. The molecule has 0 unspecified atom stereocenters. The van der Waals surface area contributed by atoms with Gasteiger partial charge in [-0.1, -0.05) is 5.21 Å². The van der Waals surface area contributed by atoms with Crippen molar-refractivity contribution in [3.63, 3.8) is 0 Å². The first-order chi connectivity index (χ1) is 8.24. The highest BCUT2D eigenvalue weighted by Gasteiger charge is 2.19. The molecule has 17 heavy (non-hydrogen) atoms. The number of rotatable bonds is 4. The standard InChI is InChI=1S/C10H10N4O3/c15-6-5-14-9(7-1-3-11-4-2-7)8(10(16)17)12-13-14/h1-4,15H,5-6H2,(H,16,17). The first-order valence-electron chi connectivity index (χ1n) is 4.92. The van der Waals surface area contributed by atoms with Gasteiger partial charge in [0.2, 0.25) is 0 Å². The van der Waals surface area contributed by atoms with Crippen LogP contribution < -0.4 is 0 Å². The number of carbonyl (C=O) groups is 1. The van der Waals surface area contributed by atoms with E-state index in [0.29, 0.717) is 11.3 Å². The lowest BCUT2D eigenvalue weighted by atomic mass is 10.1. The highest BCUT2D eigenvalue weighted by atomic mass is 16.4.